The number of rotatable bonds is 4. The van der Waals surface area contributed by atoms with Crippen LogP contribution >= 0.6 is 11.3 Å². The molecule has 0 unspecified atom stereocenters. The van der Waals surface area contributed by atoms with E-state index in [1.54, 1.807) is 17.5 Å². The van der Waals surface area contributed by atoms with Crippen molar-refractivity contribution in [2.45, 2.75) is 13.5 Å². The molecule has 0 radical (unpaired) electrons. The molecule has 32 heavy (non-hydrogen) atoms. The van der Waals surface area contributed by atoms with E-state index in [2.05, 4.69) is 16.1 Å². The van der Waals surface area contributed by atoms with Gasteiger partial charge in [-0.25, -0.2) is 9.67 Å². The van der Waals surface area contributed by atoms with Crippen molar-refractivity contribution in [2.75, 3.05) is 26.2 Å². The Bertz CT molecular complexity index is 1260. The van der Waals surface area contributed by atoms with Crippen molar-refractivity contribution in [2.24, 2.45) is 0 Å². The Hall–Kier alpha value is -3.52. The number of fused-ring (bicyclic) bond motifs is 1. The Kier molecular flexibility index (Phi) is 5.45. The van der Waals surface area contributed by atoms with Gasteiger partial charge in [-0.2, -0.15) is 5.10 Å². The highest BCUT2D eigenvalue weighted by atomic mass is 32.1. The van der Waals surface area contributed by atoms with Crippen LogP contribution < -0.4 is 0 Å². The van der Waals surface area contributed by atoms with Gasteiger partial charge in [-0.1, -0.05) is 24.3 Å². The number of piperazine rings is 1. The number of hydrogen-bond acceptors (Lipinski definition) is 5. The monoisotopic (exact) mass is 445 g/mol. The van der Waals surface area contributed by atoms with E-state index in [4.69, 9.17) is 0 Å². The summed E-state index contributed by atoms with van der Waals surface area (Å²) in [5.41, 5.74) is 2.80. The summed E-state index contributed by atoms with van der Waals surface area (Å²) in [5.74, 6) is -0.0299. The normalized spacial score (nSPS) is 14.2. The molecule has 1 aromatic carbocycles. The van der Waals surface area contributed by atoms with E-state index in [1.165, 1.54) is 4.88 Å². The van der Waals surface area contributed by atoms with Gasteiger partial charge in [0.1, 0.15) is 0 Å². The van der Waals surface area contributed by atoms with Crippen LogP contribution in [0, 0.1) is 6.92 Å². The fraction of sp³-hybridized carbons (Fsp3) is 0.250. The fourth-order valence-corrected chi connectivity index (χ4v) is 4.75. The topological polar surface area (TPSA) is 71.3 Å². The van der Waals surface area contributed by atoms with Gasteiger partial charge in [0.2, 0.25) is 0 Å². The number of nitrogens with zero attached hydrogens (tertiary/aromatic N) is 5. The number of carbonyl (C=O) groups is 2. The molecule has 1 fully saturated rings. The lowest BCUT2D eigenvalue weighted by Crippen LogP contribution is -2.50. The lowest BCUT2D eigenvalue weighted by Gasteiger charge is -2.35. The quantitative estimate of drug-likeness (QED) is 0.482. The van der Waals surface area contributed by atoms with Crippen LogP contribution in [0.3, 0.4) is 0 Å². The third-order valence-electron chi connectivity index (χ3n) is 5.73. The molecule has 8 heteroatoms. The minimum atomic E-state index is -0.0389. The molecule has 5 rings (SSSR count). The molecule has 1 aliphatic heterocycles. The zero-order valence-electron chi connectivity index (χ0n) is 17.8. The van der Waals surface area contributed by atoms with Gasteiger partial charge < -0.3 is 9.80 Å². The molecule has 3 aromatic heterocycles. The molecule has 0 atom stereocenters. The van der Waals surface area contributed by atoms with E-state index in [0.717, 1.165) is 16.7 Å². The van der Waals surface area contributed by atoms with Crippen molar-refractivity contribution in [3.05, 3.63) is 81.8 Å². The van der Waals surface area contributed by atoms with E-state index >= 15 is 0 Å². The van der Waals surface area contributed by atoms with Gasteiger partial charge in [0.15, 0.2) is 5.65 Å². The second-order valence-corrected chi connectivity index (χ2v) is 8.91. The molecule has 1 aliphatic rings. The molecule has 4 heterocycles. The van der Waals surface area contributed by atoms with Crippen molar-refractivity contribution < 1.29 is 9.59 Å². The molecule has 1 saturated heterocycles. The molecule has 0 bridgehead atoms. The van der Waals surface area contributed by atoms with Gasteiger partial charge in [-0.3, -0.25) is 9.59 Å². The summed E-state index contributed by atoms with van der Waals surface area (Å²) in [5, 5.41) is 7.31. The molecule has 0 saturated carbocycles. The molecule has 0 aliphatic carbocycles. The van der Waals surface area contributed by atoms with Crippen LogP contribution in [-0.4, -0.2) is 62.6 Å². The van der Waals surface area contributed by atoms with E-state index in [-0.39, 0.29) is 11.8 Å². The summed E-state index contributed by atoms with van der Waals surface area (Å²) >= 11 is 1.67. The Morgan fingerprint density at radius 3 is 2.38 bits per heavy atom. The third kappa shape index (κ3) is 3.89. The summed E-state index contributed by atoms with van der Waals surface area (Å²) in [7, 11) is 0. The van der Waals surface area contributed by atoms with Gasteiger partial charge >= 0.3 is 0 Å². The number of aromatic nitrogens is 3. The number of thiophene rings is 1. The number of aryl methyl sites for hydroxylation is 1. The largest absolute Gasteiger partial charge is 0.335 e. The first-order valence-electron chi connectivity index (χ1n) is 10.6. The maximum atomic E-state index is 13.4. The SMILES string of the molecule is Cc1cc(C(=O)N2CCN(C(=O)c3ccccc3)CC2)c2cnn(Cc3cccs3)c2n1. The zero-order valence-corrected chi connectivity index (χ0v) is 18.6. The average Bonchev–Trinajstić information content (AvgIpc) is 3.49. The molecule has 0 spiro atoms. The Morgan fingerprint density at radius 2 is 1.69 bits per heavy atom. The Morgan fingerprint density at radius 1 is 0.969 bits per heavy atom. The first kappa shape index (κ1) is 20.4. The van der Waals surface area contributed by atoms with Crippen molar-refractivity contribution in [3.63, 3.8) is 0 Å². The highest BCUT2D eigenvalue weighted by molar-refractivity contribution is 7.09. The third-order valence-corrected chi connectivity index (χ3v) is 6.59. The predicted octanol–water partition coefficient (Wildman–Crippen LogP) is 3.45. The summed E-state index contributed by atoms with van der Waals surface area (Å²) in [4.78, 5) is 35.6. The van der Waals surface area contributed by atoms with Crippen LogP contribution in [0.4, 0.5) is 0 Å². The molecular formula is C24H23N5O2S. The highest BCUT2D eigenvalue weighted by Crippen LogP contribution is 2.22. The van der Waals surface area contributed by atoms with E-state index in [9.17, 15) is 9.59 Å². The van der Waals surface area contributed by atoms with Crippen LogP contribution in [0.15, 0.2) is 60.1 Å². The number of amides is 2. The van der Waals surface area contributed by atoms with Gasteiger partial charge in [0, 0.05) is 42.3 Å². The molecule has 4 aromatic rings. The number of hydrogen-bond donors (Lipinski definition) is 0. The molecule has 2 amide bonds. The minimum absolute atomic E-state index is 0.00898. The second-order valence-electron chi connectivity index (χ2n) is 7.88. The molecular weight excluding hydrogens is 422 g/mol. The molecule has 7 nitrogen and oxygen atoms in total. The predicted molar refractivity (Wildman–Crippen MR) is 124 cm³/mol. The number of pyridine rings is 1. The summed E-state index contributed by atoms with van der Waals surface area (Å²) < 4.78 is 1.85. The maximum absolute atomic E-state index is 13.4. The highest BCUT2D eigenvalue weighted by Gasteiger charge is 2.27. The number of carbonyl (C=O) groups excluding carboxylic acids is 2. The van der Waals surface area contributed by atoms with E-state index < -0.39 is 0 Å². The second kappa shape index (κ2) is 8.55. The molecule has 162 valence electrons. The van der Waals surface area contributed by atoms with Crippen LogP contribution in [-0.2, 0) is 6.54 Å². The van der Waals surface area contributed by atoms with Crippen molar-refractivity contribution >= 4 is 34.2 Å². The number of benzene rings is 1. The summed E-state index contributed by atoms with van der Waals surface area (Å²) in [6, 6.07) is 15.2. The lowest BCUT2D eigenvalue weighted by atomic mass is 10.1. The average molecular weight is 446 g/mol. The van der Waals surface area contributed by atoms with Gasteiger partial charge in [-0.15, -0.1) is 11.3 Å². The van der Waals surface area contributed by atoms with Crippen molar-refractivity contribution in [3.8, 4) is 0 Å². The summed E-state index contributed by atoms with van der Waals surface area (Å²) in [6.45, 7) is 4.57. The fourth-order valence-electron chi connectivity index (χ4n) is 4.06. The lowest BCUT2D eigenvalue weighted by molar-refractivity contribution is 0.0536. The van der Waals surface area contributed by atoms with Crippen LogP contribution in [0.5, 0.6) is 0 Å². The van der Waals surface area contributed by atoms with Crippen LogP contribution in [0.1, 0.15) is 31.3 Å². The minimum Gasteiger partial charge on any atom is -0.335 e. The standard InChI is InChI=1S/C24H23N5O2S/c1-17-14-20(21-15-25-29(22(21)26-17)16-19-8-5-13-32-19)24(31)28-11-9-27(10-12-28)23(30)18-6-3-2-4-7-18/h2-8,13-15H,9-12,16H2,1H3. The van der Waals surface area contributed by atoms with E-state index in [0.29, 0.717) is 43.9 Å². The smallest absolute Gasteiger partial charge is 0.254 e. The van der Waals surface area contributed by atoms with Crippen LogP contribution in [0.2, 0.25) is 0 Å². The molecule has 0 N–H and O–H groups in total. The summed E-state index contributed by atoms with van der Waals surface area (Å²) in [6.07, 6.45) is 1.73. The maximum Gasteiger partial charge on any atom is 0.254 e. The van der Waals surface area contributed by atoms with E-state index in [1.807, 2.05) is 69.2 Å². The zero-order chi connectivity index (χ0) is 22.1. The van der Waals surface area contributed by atoms with Gasteiger partial charge in [0.05, 0.1) is 23.7 Å². The first-order valence-corrected chi connectivity index (χ1v) is 11.5. The Labute approximate surface area is 189 Å². The van der Waals surface area contributed by atoms with Gasteiger partial charge in [-0.05, 0) is 36.6 Å². The van der Waals surface area contributed by atoms with Gasteiger partial charge in [0.25, 0.3) is 11.8 Å². The Balaban J connectivity index is 1.34. The van der Waals surface area contributed by atoms with Crippen LogP contribution in [0.25, 0.3) is 11.0 Å². The van der Waals surface area contributed by atoms with Crippen molar-refractivity contribution in [1.82, 2.24) is 24.6 Å². The first-order chi connectivity index (χ1) is 15.6. The van der Waals surface area contributed by atoms with Crippen molar-refractivity contribution in [1.29, 1.82) is 0 Å².